The van der Waals surface area contributed by atoms with Crippen molar-refractivity contribution < 1.29 is 9.59 Å². The van der Waals surface area contributed by atoms with Crippen molar-refractivity contribution in [3.63, 3.8) is 0 Å². The van der Waals surface area contributed by atoms with Crippen LogP contribution in [0.25, 0.3) is 0 Å². The maximum Gasteiger partial charge on any atom is 0.248 e. The molecule has 0 aliphatic rings. The molecule has 1 aromatic carbocycles. The minimum absolute atomic E-state index is 0.187. The average molecular weight is 318 g/mol. The Morgan fingerprint density at radius 2 is 2.12 bits per heavy atom. The van der Waals surface area contributed by atoms with Crippen LogP contribution in [0.15, 0.2) is 27.6 Å². The summed E-state index contributed by atoms with van der Waals surface area (Å²) in [6.45, 7) is 1.32. The van der Waals surface area contributed by atoms with E-state index in [1.807, 2.05) is 12.1 Å². The first-order chi connectivity index (χ1) is 7.99. The van der Waals surface area contributed by atoms with Crippen LogP contribution < -0.4 is 16.6 Å². The Morgan fingerprint density at radius 3 is 2.71 bits per heavy atom. The fourth-order valence-corrected chi connectivity index (χ4v) is 2.12. The van der Waals surface area contributed by atoms with Gasteiger partial charge in [-0.15, -0.1) is 11.8 Å². The summed E-state index contributed by atoms with van der Waals surface area (Å²) >= 11 is 4.61. The number of thioether (sulfide) groups is 1. The monoisotopic (exact) mass is 317 g/mol. The molecule has 17 heavy (non-hydrogen) atoms. The fourth-order valence-electron chi connectivity index (χ4n) is 0.988. The standard InChI is InChI=1S/C10H12BrN3O2S/c1-6(15)13-14-10(16)5-17-9-3-2-7(11)4-8(9)12/h2-4H,5,12H2,1H3,(H,13,15)(H,14,16). The fraction of sp³-hybridized carbons (Fsp3) is 0.200. The smallest absolute Gasteiger partial charge is 0.248 e. The number of carbonyl (C=O) groups excluding carboxylic acids is 2. The van der Waals surface area contributed by atoms with Crippen LogP contribution in [-0.2, 0) is 9.59 Å². The number of hydrogen-bond acceptors (Lipinski definition) is 4. The SMILES string of the molecule is CC(=O)NNC(=O)CSc1ccc(Br)cc1N. The van der Waals surface area contributed by atoms with Gasteiger partial charge in [-0.3, -0.25) is 20.4 Å². The first kappa shape index (κ1) is 13.9. The van der Waals surface area contributed by atoms with Crippen molar-refractivity contribution in [2.24, 2.45) is 0 Å². The Bertz CT molecular complexity index is 440. The lowest BCUT2D eigenvalue weighted by atomic mass is 10.3. The third kappa shape index (κ3) is 5.10. The van der Waals surface area contributed by atoms with E-state index in [9.17, 15) is 9.59 Å². The van der Waals surface area contributed by atoms with Gasteiger partial charge < -0.3 is 5.73 Å². The number of nitrogens with one attached hydrogen (secondary N) is 2. The molecule has 0 fully saturated rings. The molecule has 1 rings (SSSR count). The van der Waals surface area contributed by atoms with Crippen molar-refractivity contribution in [1.29, 1.82) is 0 Å². The van der Waals surface area contributed by atoms with Gasteiger partial charge in [0.2, 0.25) is 11.8 Å². The number of amides is 2. The normalized spacial score (nSPS) is 9.76. The summed E-state index contributed by atoms with van der Waals surface area (Å²) in [5.41, 5.74) is 10.9. The molecule has 0 aromatic heterocycles. The second-order valence-electron chi connectivity index (χ2n) is 3.20. The molecule has 0 heterocycles. The highest BCUT2D eigenvalue weighted by Crippen LogP contribution is 2.27. The van der Waals surface area contributed by atoms with Gasteiger partial charge in [-0.2, -0.15) is 0 Å². The van der Waals surface area contributed by atoms with E-state index in [1.54, 1.807) is 6.07 Å². The molecular formula is C10H12BrN3O2S. The van der Waals surface area contributed by atoms with Gasteiger partial charge in [0.05, 0.1) is 5.75 Å². The van der Waals surface area contributed by atoms with Crippen molar-refractivity contribution in [3.8, 4) is 0 Å². The summed E-state index contributed by atoms with van der Waals surface area (Å²) in [6, 6.07) is 5.45. The zero-order chi connectivity index (χ0) is 12.8. The van der Waals surface area contributed by atoms with Crippen LogP contribution in [0.4, 0.5) is 5.69 Å². The molecule has 0 spiro atoms. The Labute approximate surface area is 112 Å². The minimum atomic E-state index is -0.313. The summed E-state index contributed by atoms with van der Waals surface area (Å²) in [4.78, 5) is 22.7. The highest BCUT2D eigenvalue weighted by Gasteiger charge is 2.05. The third-order valence-electron chi connectivity index (χ3n) is 1.71. The number of rotatable bonds is 3. The molecule has 4 N–H and O–H groups in total. The summed E-state index contributed by atoms with van der Waals surface area (Å²) in [5, 5.41) is 0. The number of carbonyl (C=O) groups is 2. The molecule has 0 saturated heterocycles. The van der Waals surface area contributed by atoms with E-state index in [0.717, 1.165) is 9.37 Å². The van der Waals surface area contributed by atoms with Gasteiger partial charge in [-0.05, 0) is 18.2 Å². The zero-order valence-corrected chi connectivity index (χ0v) is 11.5. The lowest BCUT2D eigenvalue weighted by Crippen LogP contribution is -2.41. The molecule has 0 radical (unpaired) electrons. The lowest BCUT2D eigenvalue weighted by Gasteiger charge is -2.07. The molecule has 0 saturated carbocycles. The van der Waals surface area contributed by atoms with Crippen LogP contribution in [-0.4, -0.2) is 17.6 Å². The molecule has 0 unspecified atom stereocenters. The van der Waals surface area contributed by atoms with Gasteiger partial charge in [0.15, 0.2) is 0 Å². The van der Waals surface area contributed by atoms with Gasteiger partial charge in [0.1, 0.15) is 0 Å². The van der Waals surface area contributed by atoms with Gasteiger partial charge in [0, 0.05) is 22.0 Å². The molecule has 0 aliphatic heterocycles. The van der Waals surface area contributed by atoms with E-state index in [-0.39, 0.29) is 17.6 Å². The Kier molecular flexibility index (Phi) is 5.30. The molecule has 92 valence electrons. The summed E-state index contributed by atoms with van der Waals surface area (Å²) in [5.74, 6) is -0.412. The molecule has 1 aromatic rings. The van der Waals surface area contributed by atoms with Gasteiger partial charge in [0.25, 0.3) is 0 Å². The van der Waals surface area contributed by atoms with E-state index >= 15 is 0 Å². The van der Waals surface area contributed by atoms with E-state index in [0.29, 0.717) is 5.69 Å². The largest absolute Gasteiger partial charge is 0.398 e. The highest BCUT2D eigenvalue weighted by atomic mass is 79.9. The van der Waals surface area contributed by atoms with E-state index < -0.39 is 0 Å². The maximum atomic E-state index is 11.3. The molecule has 2 amide bonds. The van der Waals surface area contributed by atoms with Gasteiger partial charge in [-0.1, -0.05) is 15.9 Å². The van der Waals surface area contributed by atoms with Gasteiger partial charge >= 0.3 is 0 Å². The van der Waals surface area contributed by atoms with Crippen LogP contribution in [0.1, 0.15) is 6.92 Å². The first-order valence-electron chi connectivity index (χ1n) is 4.72. The molecule has 0 bridgehead atoms. The van der Waals surface area contributed by atoms with Crippen LogP contribution in [0, 0.1) is 0 Å². The van der Waals surface area contributed by atoms with E-state index in [2.05, 4.69) is 26.8 Å². The highest BCUT2D eigenvalue weighted by molar-refractivity contribution is 9.10. The van der Waals surface area contributed by atoms with Gasteiger partial charge in [-0.25, -0.2) is 0 Å². The Balaban J connectivity index is 2.44. The average Bonchev–Trinajstić information content (AvgIpc) is 2.25. The zero-order valence-electron chi connectivity index (χ0n) is 9.12. The number of hydrogen-bond donors (Lipinski definition) is 3. The third-order valence-corrected chi connectivity index (χ3v) is 3.29. The number of halogens is 1. The van der Waals surface area contributed by atoms with Crippen molar-refractivity contribution >= 4 is 45.2 Å². The van der Waals surface area contributed by atoms with E-state index in [4.69, 9.17) is 5.73 Å². The number of hydrazine groups is 1. The van der Waals surface area contributed by atoms with Crippen LogP contribution >= 0.6 is 27.7 Å². The van der Waals surface area contributed by atoms with Crippen molar-refractivity contribution in [2.75, 3.05) is 11.5 Å². The predicted molar refractivity (Wildman–Crippen MR) is 71.2 cm³/mol. The van der Waals surface area contributed by atoms with Crippen molar-refractivity contribution in [3.05, 3.63) is 22.7 Å². The summed E-state index contributed by atoms with van der Waals surface area (Å²) in [7, 11) is 0. The number of nitrogen functional groups attached to an aromatic ring is 1. The summed E-state index contributed by atoms with van der Waals surface area (Å²) < 4.78 is 0.891. The Morgan fingerprint density at radius 1 is 1.41 bits per heavy atom. The Hall–Kier alpha value is -1.21. The topological polar surface area (TPSA) is 84.2 Å². The van der Waals surface area contributed by atoms with Crippen LogP contribution in [0.2, 0.25) is 0 Å². The molecular weight excluding hydrogens is 306 g/mol. The number of anilines is 1. The first-order valence-corrected chi connectivity index (χ1v) is 6.50. The number of nitrogens with two attached hydrogens (primary N) is 1. The van der Waals surface area contributed by atoms with Crippen LogP contribution in [0.3, 0.4) is 0 Å². The van der Waals surface area contributed by atoms with Crippen LogP contribution in [0.5, 0.6) is 0 Å². The van der Waals surface area contributed by atoms with Crippen molar-refractivity contribution in [2.45, 2.75) is 11.8 Å². The van der Waals surface area contributed by atoms with Crippen molar-refractivity contribution in [1.82, 2.24) is 10.9 Å². The quantitative estimate of drug-likeness (QED) is 0.445. The second kappa shape index (κ2) is 6.51. The molecule has 7 heteroatoms. The molecule has 0 atom stereocenters. The lowest BCUT2D eigenvalue weighted by molar-refractivity contribution is -0.126. The van der Waals surface area contributed by atoms with E-state index in [1.165, 1.54) is 18.7 Å². The molecule has 0 aliphatic carbocycles. The maximum absolute atomic E-state index is 11.3. The second-order valence-corrected chi connectivity index (χ2v) is 5.13. The number of benzene rings is 1. The molecule has 5 nitrogen and oxygen atoms in total. The predicted octanol–water partition coefficient (Wildman–Crippen LogP) is 1.29. The minimum Gasteiger partial charge on any atom is -0.398 e. The summed E-state index contributed by atoms with van der Waals surface area (Å²) in [6.07, 6.45) is 0.